The first-order chi connectivity index (χ1) is 19.3. The smallest absolute Gasteiger partial charge is 0.407 e. The molecule has 3 rings (SSSR count). The number of ether oxygens (including phenoxy) is 2. The van der Waals surface area contributed by atoms with Crippen LogP contribution in [-0.4, -0.2) is 95.0 Å². The highest BCUT2D eigenvalue weighted by molar-refractivity contribution is 5.68. The van der Waals surface area contributed by atoms with Crippen LogP contribution >= 0.6 is 0 Å². The summed E-state index contributed by atoms with van der Waals surface area (Å²) in [5.41, 5.74) is 0. The third kappa shape index (κ3) is 9.81. The van der Waals surface area contributed by atoms with E-state index in [2.05, 4.69) is 36.6 Å². The number of allylic oxidation sites excluding steroid dienone is 1. The third-order valence-corrected chi connectivity index (χ3v) is 9.67. The fourth-order valence-corrected chi connectivity index (χ4v) is 6.08. The van der Waals surface area contributed by atoms with E-state index < -0.39 is 30.4 Å². The molecule has 0 saturated heterocycles. The summed E-state index contributed by atoms with van der Waals surface area (Å²) in [6, 6.07) is -0.764. The first kappa shape index (κ1) is 37.1. The summed E-state index contributed by atoms with van der Waals surface area (Å²) in [5.74, 6) is 1.94. The molecule has 0 aromatic rings. The first-order valence-electron chi connectivity index (χ1n) is 15.0. The maximum absolute atomic E-state index is 11.3. The molecule has 0 radical (unpaired) electrons. The Labute approximate surface area is 245 Å². The number of nitrogens with one attached hydrogen (secondary N) is 2. The van der Waals surface area contributed by atoms with E-state index in [1.807, 2.05) is 27.7 Å². The highest BCUT2D eigenvalue weighted by Crippen LogP contribution is 2.37. The molecule has 0 heterocycles. The molecule has 3 aliphatic carbocycles. The zero-order chi connectivity index (χ0) is 31.4. The average Bonchev–Trinajstić information content (AvgIpc) is 3.45. The number of carbonyl (C=O) groups excluding carboxylic acids is 2. The maximum Gasteiger partial charge on any atom is 0.407 e. The SMILES string of the molecule is CCOC(=O)N[C@@H]1[C@@H](C)[C@H](C)[C@@H](CO)[C@@H]1O.CCOC(=O)N[C@@H]1[C@H](O)[C@@H](C)[C@H](C)[C@H]1CO.C[C@H]1[C@H](C)C=C[C@@H]1CO. The van der Waals surface area contributed by atoms with Crippen LogP contribution in [0.15, 0.2) is 12.2 Å². The minimum Gasteiger partial charge on any atom is -0.450 e. The molecule has 2 saturated carbocycles. The monoisotopic (exact) mass is 588 g/mol. The molecule has 0 spiro atoms. The van der Waals surface area contributed by atoms with E-state index in [9.17, 15) is 30.0 Å². The van der Waals surface area contributed by atoms with E-state index in [0.29, 0.717) is 37.6 Å². The van der Waals surface area contributed by atoms with Crippen LogP contribution < -0.4 is 10.6 Å². The summed E-state index contributed by atoms with van der Waals surface area (Å²) < 4.78 is 9.55. The molecule has 2 amide bonds. The fourth-order valence-electron chi connectivity index (χ4n) is 6.08. The molecule has 7 N–H and O–H groups in total. The van der Waals surface area contributed by atoms with Gasteiger partial charge in [-0.05, 0) is 49.4 Å². The highest BCUT2D eigenvalue weighted by Gasteiger charge is 2.47. The molecule has 240 valence electrons. The second kappa shape index (κ2) is 17.9. The summed E-state index contributed by atoms with van der Waals surface area (Å²) in [5, 5.41) is 52.5. The predicted molar refractivity (Wildman–Crippen MR) is 156 cm³/mol. The van der Waals surface area contributed by atoms with E-state index >= 15 is 0 Å². The molecule has 2 fully saturated rings. The predicted octanol–water partition coefficient (Wildman–Crippen LogP) is 2.15. The van der Waals surface area contributed by atoms with Gasteiger partial charge in [-0.15, -0.1) is 0 Å². The molecule has 11 heteroatoms. The molecule has 11 nitrogen and oxygen atoms in total. The van der Waals surface area contributed by atoms with Crippen molar-refractivity contribution in [3.8, 4) is 0 Å². The zero-order valence-corrected chi connectivity index (χ0v) is 26.1. The van der Waals surface area contributed by atoms with E-state index in [1.54, 1.807) is 13.8 Å². The Balaban J connectivity index is 0.000000320. The average molecular weight is 589 g/mol. The lowest BCUT2D eigenvalue weighted by atomic mass is 9.92. The van der Waals surface area contributed by atoms with Gasteiger partial charge in [0.1, 0.15) is 0 Å². The quantitative estimate of drug-likeness (QED) is 0.220. The summed E-state index contributed by atoms with van der Waals surface area (Å²) in [7, 11) is 0. The van der Waals surface area contributed by atoms with E-state index in [4.69, 9.17) is 14.6 Å². The molecule has 41 heavy (non-hydrogen) atoms. The van der Waals surface area contributed by atoms with Gasteiger partial charge in [-0.3, -0.25) is 0 Å². The van der Waals surface area contributed by atoms with Crippen LogP contribution in [0.2, 0.25) is 0 Å². The van der Waals surface area contributed by atoms with E-state index in [1.165, 1.54) is 0 Å². The van der Waals surface area contributed by atoms with Gasteiger partial charge >= 0.3 is 12.2 Å². The lowest BCUT2D eigenvalue weighted by Gasteiger charge is -2.22. The molecule has 0 unspecified atom stereocenters. The van der Waals surface area contributed by atoms with Gasteiger partial charge in [-0.1, -0.05) is 53.7 Å². The number of amides is 2. The van der Waals surface area contributed by atoms with Gasteiger partial charge in [0.15, 0.2) is 0 Å². The largest absolute Gasteiger partial charge is 0.450 e. The molecule has 0 bridgehead atoms. The number of carbonyl (C=O) groups is 2. The molecular formula is C30H56N2O9. The Hall–Kier alpha value is -1.92. The maximum atomic E-state index is 11.3. The standard InChI is InChI=1S/2C11H21NO4.C8H14O/c1-4-16-11(15)12-9-8(5-13)6(2)7(3)10(9)14;1-4-16-11(15)12-9-7(3)6(2)8(5-13)10(9)14;1-6-3-4-8(5-9)7(6)2/h2*6-10,13-14H,4-5H2,1-3H3,(H,12,15);3-4,6-9H,5H2,1-2H3/t6-,7-,8+,9-,10+;6-,7-,8+,9+,10-;6-,7+,8-/m001/s1. The van der Waals surface area contributed by atoms with Crippen LogP contribution in [0.4, 0.5) is 9.59 Å². The molecule has 0 aromatic carbocycles. The summed E-state index contributed by atoms with van der Waals surface area (Å²) in [6.45, 7) is 16.5. The number of alkyl carbamates (subject to hydrolysis) is 2. The van der Waals surface area contributed by atoms with Crippen LogP contribution in [0.25, 0.3) is 0 Å². The summed E-state index contributed by atoms with van der Waals surface area (Å²) in [4.78, 5) is 22.6. The lowest BCUT2D eigenvalue weighted by Crippen LogP contribution is -2.46. The molecule has 13 atom stereocenters. The number of hydrogen-bond donors (Lipinski definition) is 7. The van der Waals surface area contributed by atoms with Gasteiger partial charge < -0.3 is 45.6 Å². The molecule has 3 aliphatic rings. The summed E-state index contributed by atoms with van der Waals surface area (Å²) in [6.07, 6.45) is 1.92. The van der Waals surface area contributed by atoms with Gasteiger partial charge in [-0.25, -0.2) is 9.59 Å². The van der Waals surface area contributed by atoms with Crippen LogP contribution in [-0.2, 0) is 9.47 Å². The van der Waals surface area contributed by atoms with Crippen LogP contribution in [0.1, 0.15) is 55.4 Å². The molecule has 0 aromatic heterocycles. The van der Waals surface area contributed by atoms with E-state index in [0.717, 1.165) is 0 Å². The van der Waals surface area contributed by atoms with Crippen molar-refractivity contribution in [3.05, 3.63) is 12.2 Å². The van der Waals surface area contributed by atoms with Crippen LogP contribution in [0.3, 0.4) is 0 Å². The second-order valence-corrected chi connectivity index (χ2v) is 11.8. The first-order valence-corrected chi connectivity index (χ1v) is 15.0. The topological polar surface area (TPSA) is 178 Å². The zero-order valence-electron chi connectivity index (χ0n) is 26.1. The molecular weight excluding hydrogens is 532 g/mol. The fraction of sp³-hybridized carbons (Fsp3) is 0.867. The Kier molecular flexibility index (Phi) is 16.2. The van der Waals surface area contributed by atoms with Crippen molar-refractivity contribution in [1.82, 2.24) is 10.6 Å². The molecule has 0 aliphatic heterocycles. The van der Waals surface area contributed by atoms with Crippen LogP contribution in [0, 0.1) is 53.3 Å². The van der Waals surface area contributed by atoms with Gasteiger partial charge in [0.25, 0.3) is 0 Å². The third-order valence-electron chi connectivity index (χ3n) is 9.67. The van der Waals surface area contributed by atoms with Gasteiger partial charge in [0, 0.05) is 37.6 Å². The number of rotatable bonds is 7. The Morgan fingerprint density at radius 3 is 1.49 bits per heavy atom. The normalized spacial score (nSPS) is 39.2. The second-order valence-electron chi connectivity index (χ2n) is 11.8. The van der Waals surface area contributed by atoms with Crippen molar-refractivity contribution in [3.63, 3.8) is 0 Å². The Morgan fingerprint density at radius 2 is 1.12 bits per heavy atom. The van der Waals surface area contributed by atoms with E-state index in [-0.39, 0.29) is 54.8 Å². The number of aliphatic hydroxyl groups is 5. The Morgan fingerprint density at radius 1 is 0.634 bits per heavy atom. The van der Waals surface area contributed by atoms with Crippen molar-refractivity contribution in [2.75, 3.05) is 33.0 Å². The van der Waals surface area contributed by atoms with Crippen molar-refractivity contribution >= 4 is 12.2 Å². The van der Waals surface area contributed by atoms with Crippen LogP contribution in [0.5, 0.6) is 0 Å². The minimum atomic E-state index is -0.709. The number of aliphatic hydroxyl groups excluding tert-OH is 5. The van der Waals surface area contributed by atoms with Crippen molar-refractivity contribution in [2.24, 2.45) is 53.3 Å². The Bertz CT molecular complexity index is 813. The summed E-state index contributed by atoms with van der Waals surface area (Å²) >= 11 is 0. The highest BCUT2D eigenvalue weighted by atomic mass is 16.6. The van der Waals surface area contributed by atoms with Crippen molar-refractivity contribution in [2.45, 2.75) is 79.7 Å². The van der Waals surface area contributed by atoms with Crippen molar-refractivity contribution in [1.29, 1.82) is 0 Å². The lowest BCUT2D eigenvalue weighted by molar-refractivity contribution is 0.0583. The van der Waals surface area contributed by atoms with Gasteiger partial charge in [0.2, 0.25) is 0 Å². The van der Waals surface area contributed by atoms with Gasteiger partial charge in [0.05, 0.1) is 37.5 Å². The number of hydrogen-bond acceptors (Lipinski definition) is 9. The minimum absolute atomic E-state index is 0.0420. The van der Waals surface area contributed by atoms with Crippen molar-refractivity contribution < 1.29 is 44.6 Å². The van der Waals surface area contributed by atoms with Gasteiger partial charge in [-0.2, -0.15) is 0 Å².